The second-order valence-corrected chi connectivity index (χ2v) is 7.47. The van der Waals surface area contributed by atoms with Crippen molar-refractivity contribution in [1.82, 2.24) is 4.31 Å². The molecule has 4 nitrogen and oxygen atoms in total. The predicted octanol–water partition coefficient (Wildman–Crippen LogP) is 2.04. The lowest BCUT2D eigenvalue weighted by Crippen LogP contribution is -2.34. The summed E-state index contributed by atoms with van der Waals surface area (Å²) in [5.41, 5.74) is 6.49. The molecule has 0 saturated heterocycles. The number of anilines is 1. The molecule has 0 saturated carbocycles. The van der Waals surface area contributed by atoms with Crippen LogP contribution in [0, 0.1) is 12.3 Å². The number of nitrogens with two attached hydrogens (primary N) is 1. The molecule has 0 aliphatic heterocycles. The van der Waals surface area contributed by atoms with Gasteiger partial charge in [-0.15, -0.1) is 18.2 Å². The Kier molecular flexibility index (Phi) is 6.93. The molecule has 1 aromatic rings. The van der Waals surface area contributed by atoms with E-state index in [2.05, 4.69) is 5.92 Å². The predicted molar refractivity (Wildman–Crippen MR) is 86.1 cm³/mol. The van der Waals surface area contributed by atoms with Crippen LogP contribution < -0.4 is 5.73 Å². The van der Waals surface area contributed by atoms with Crippen LogP contribution in [0.4, 0.5) is 5.69 Å². The summed E-state index contributed by atoms with van der Waals surface area (Å²) in [4.78, 5) is 0.904. The Morgan fingerprint density at radius 3 is 2.70 bits per heavy atom. The number of rotatable bonds is 8. The van der Waals surface area contributed by atoms with E-state index in [1.165, 1.54) is 16.1 Å². The molecule has 0 atom stereocenters. The SMILES string of the molecule is C#CCN(CCC)S(=O)(=O)CCSc1ccccc1N. The summed E-state index contributed by atoms with van der Waals surface area (Å²) in [6.07, 6.45) is 5.97. The molecule has 0 bridgehead atoms. The molecular weight excluding hydrogens is 292 g/mol. The van der Waals surface area contributed by atoms with Gasteiger partial charge in [0.25, 0.3) is 0 Å². The molecule has 2 N–H and O–H groups in total. The van der Waals surface area contributed by atoms with Crippen molar-refractivity contribution in [2.75, 3.05) is 30.3 Å². The Hall–Kier alpha value is -1.16. The summed E-state index contributed by atoms with van der Waals surface area (Å²) >= 11 is 1.45. The molecule has 0 aliphatic rings. The molecule has 0 fully saturated rings. The normalized spacial score (nSPS) is 11.4. The third-order valence-electron chi connectivity index (χ3n) is 2.65. The van der Waals surface area contributed by atoms with E-state index >= 15 is 0 Å². The van der Waals surface area contributed by atoms with Crippen LogP contribution in [0.1, 0.15) is 13.3 Å². The number of hydrogen-bond acceptors (Lipinski definition) is 4. The minimum absolute atomic E-state index is 0.0632. The van der Waals surface area contributed by atoms with Gasteiger partial charge in [-0.05, 0) is 18.6 Å². The number of benzene rings is 1. The maximum absolute atomic E-state index is 12.2. The smallest absolute Gasteiger partial charge is 0.215 e. The lowest BCUT2D eigenvalue weighted by atomic mass is 10.3. The van der Waals surface area contributed by atoms with E-state index in [-0.39, 0.29) is 12.3 Å². The van der Waals surface area contributed by atoms with Gasteiger partial charge in [0.15, 0.2) is 0 Å². The zero-order valence-corrected chi connectivity index (χ0v) is 13.2. The van der Waals surface area contributed by atoms with Gasteiger partial charge < -0.3 is 5.73 Å². The average molecular weight is 312 g/mol. The van der Waals surface area contributed by atoms with Gasteiger partial charge in [-0.1, -0.05) is 25.0 Å². The summed E-state index contributed by atoms with van der Waals surface area (Å²) < 4.78 is 25.7. The third-order valence-corrected chi connectivity index (χ3v) is 5.82. The third kappa shape index (κ3) is 5.08. The molecular formula is C14H20N2O2S2. The van der Waals surface area contributed by atoms with Crippen molar-refractivity contribution in [1.29, 1.82) is 0 Å². The molecule has 0 heterocycles. The molecule has 20 heavy (non-hydrogen) atoms. The fourth-order valence-electron chi connectivity index (χ4n) is 1.67. The van der Waals surface area contributed by atoms with Gasteiger partial charge in [-0.25, -0.2) is 8.42 Å². The van der Waals surface area contributed by atoms with Crippen molar-refractivity contribution in [3.05, 3.63) is 24.3 Å². The van der Waals surface area contributed by atoms with Crippen LogP contribution in [-0.2, 0) is 10.0 Å². The van der Waals surface area contributed by atoms with E-state index in [1.54, 1.807) is 6.07 Å². The highest BCUT2D eigenvalue weighted by Gasteiger charge is 2.20. The van der Waals surface area contributed by atoms with Crippen LogP contribution in [0.15, 0.2) is 29.2 Å². The number of thioether (sulfide) groups is 1. The van der Waals surface area contributed by atoms with Crippen LogP contribution in [0.3, 0.4) is 0 Å². The summed E-state index contributed by atoms with van der Waals surface area (Å²) in [6, 6.07) is 7.43. The van der Waals surface area contributed by atoms with Crippen LogP contribution in [0.2, 0.25) is 0 Å². The summed E-state index contributed by atoms with van der Waals surface area (Å²) in [5.74, 6) is 2.92. The van der Waals surface area contributed by atoms with Crippen molar-refractivity contribution >= 4 is 27.5 Å². The highest BCUT2D eigenvalue weighted by molar-refractivity contribution is 8.00. The van der Waals surface area contributed by atoms with Gasteiger partial charge in [0.05, 0.1) is 12.3 Å². The first kappa shape index (κ1) is 16.9. The number of hydrogen-bond donors (Lipinski definition) is 1. The zero-order valence-electron chi connectivity index (χ0n) is 11.6. The van der Waals surface area contributed by atoms with Gasteiger partial charge in [0.1, 0.15) is 0 Å². The first-order chi connectivity index (χ1) is 9.51. The van der Waals surface area contributed by atoms with Gasteiger partial charge in [0, 0.05) is 22.9 Å². The first-order valence-electron chi connectivity index (χ1n) is 6.40. The van der Waals surface area contributed by atoms with Crippen molar-refractivity contribution in [3.63, 3.8) is 0 Å². The van der Waals surface area contributed by atoms with Crippen molar-refractivity contribution < 1.29 is 8.42 Å². The minimum atomic E-state index is -3.30. The molecule has 1 aromatic carbocycles. The van der Waals surface area contributed by atoms with E-state index in [0.717, 1.165) is 11.3 Å². The van der Waals surface area contributed by atoms with E-state index in [9.17, 15) is 8.42 Å². The monoisotopic (exact) mass is 312 g/mol. The van der Waals surface area contributed by atoms with E-state index < -0.39 is 10.0 Å². The molecule has 0 radical (unpaired) electrons. The minimum Gasteiger partial charge on any atom is -0.398 e. The van der Waals surface area contributed by atoms with Crippen molar-refractivity contribution in [2.24, 2.45) is 0 Å². The molecule has 0 amide bonds. The number of para-hydroxylation sites is 1. The Bertz CT molecular complexity index is 565. The highest BCUT2D eigenvalue weighted by Crippen LogP contribution is 2.24. The lowest BCUT2D eigenvalue weighted by molar-refractivity contribution is 0.447. The molecule has 1 rings (SSSR count). The maximum Gasteiger partial charge on any atom is 0.215 e. The Balaban J connectivity index is 2.59. The fraction of sp³-hybridized carbons (Fsp3) is 0.429. The zero-order chi connectivity index (χ0) is 15.0. The Morgan fingerprint density at radius 2 is 2.10 bits per heavy atom. The van der Waals surface area contributed by atoms with Crippen LogP contribution in [0.25, 0.3) is 0 Å². The largest absolute Gasteiger partial charge is 0.398 e. The number of nitrogens with zero attached hydrogens (tertiary/aromatic N) is 1. The van der Waals surface area contributed by atoms with E-state index in [4.69, 9.17) is 12.2 Å². The molecule has 0 unspecified atom stereocenters. The molecule has 110 valence electrons. The second-order valence-electron chi connectivity index (χ2n) is 4.24. The maximum atomic E-state index is 12.2. The highest BCUT2D eigenvalue weighted by atomic mass is 32.2. The summed E-state index contributed by atoms with van der Waals surface area (Å²) in [6.45, 7) is 2.53. The fourth-order valence-corrected chi connectivity index (χ4v) is 4.46. The van der Waals surface area contributed by atoms with Crippen molar-refractivity contribution in [2.45, 2.75) is 18.2 Å². The average Bonchev–Trinajstić information content (AvgIpc) is 2.40. The van der Waals surface area contributed by atoms with Crippen LogP contribution in [-0.4, -0.2) is 37.3 Å². The Morgan fingerprint density at radius 1 is 1.40 bits per heavy atom. The lowest BCUT2D eigenvalue weighted by Gasteiger charge is -2.18. The first-order valence-corrected chi connectivity index (χ1v) is 8.99. The van der Waals surface area contributed by atoms with Gasteiger partial charge in [-0.2, -0.15) is 4.31 Å². The standard InChI is InChI=1S/C14H20N2O2S2/c1-3-9-16(10-4-2)20(17,18)12-11-19-14-8-6-5-7-13(14)15/h1,5-8H,4,9-12,15H2,2H3. The summed E-state index contributed by atoms with van der Waals surface area (Å²) in [5, 5.41) is 0. The van der Waals surface area contributed by atoms with Crippen LogP contribution >= 0.6 is 11.8 Å². The quantitative estimate of drug-likeness (QED) is 0.453. The van der Waals surface area contributed by atoms with Gasteiger partial charge >= 0.3 is 0 Å². The summed E-state index contributed by atoms with van der Waals surface area (Å²) in [7, 11) is -3.30. The molecule has 0 aromatic heterocycles. The topological polar surface area (TPSA) is 63.4 Å². The second kappa shape index (κ2) is 8.20. The Labute approximate surface area is 125 Å². The molecule has 6 heteroatoms. The van der Waals surface area contributed by atoms with Gasteiger partial charge in [0.2, 0.25) is 10.0 Å². The van der Waals surface area contributed by atoms with Crippen molar-refractivity contribution in [3.8, 4) is 12.3 Å². The van der Waals surface area contributed by atoms with Crippen LogP contribution in [0.5, 0.6) is 0 Å². The van der Waals surface area contributed by atoms with E-state index in [0.29, 0.717) is 18.0 Å². The van der Waals surface area contributed by atoms with Gasteiger partial charge in [-0.3, -0.25) is 0 Å². The number of sulfonamides is 1. The molecule has 0 aliphatic carbocycles. The number of terminal acetylenes is 1. The number of nitrogen functional groups attached to an aromatic ring is 1. The van der Waals surface area contributed by atoms with E-state index in [1.807, 2.05) is 25.1 Å². The molecule has 0 spiro atoms.